The van der Waals surface area contributed by atoms with Gasteiger partial charge in [0.2, 0.25) is 11.8 Å². The van der Waals surface area contributed by atoms with Gasteiger partial charge in [-0.05, 0) is 37.3 Å². The fourth-order valence-corrected chi connectivity index (χ4v) is 3.17. The molecule has 0 saturated carbocycles. The van der Waals surface area contributed by atoms with Crippen LogP contribution in [0.2, 0.25) is 0 Å². The topological polar surface area (TPSA) is 102 Å². The van der Waals surface area contributed by atoms with E-state index in [1.54, 1.807) is 30.5 Å². The molecule has 140 valence electrons. The van der Waals surface area contributed by atoms with Crippen molar-refractivity contribution in [2.24, 2.45) is 7.05 Å². The molecule has 0 spiro atoms. The minimum atomic E-state index is -0.156. The van der Waals surface area contributed by atoms with Crippen LogP contribution in [0.25, 0.3) is 11.4 Å². The third-order valence-electron chi connectivity index (χ3n) is 3.76. The number of aromatic nitrogens is 3. The van der Waals surface area contributed by atoms with E-state index in [1.807, 2.05) is 24.6 Å². The Labute approximate surface area is 160 Å². The summed E-state index contributed by atoms with van der Waals surface area (Å²) in [6.45, 7) is 3.31. The number of carbonyl (C=O) groups excluding carboxylic acids is 2. The number of carbonyl (C=O) groups is 2. The maximum atomic E-state index is 12.2. The molecule has 0 saturated heterocycles. The standard InChI is InChI=1S/C18H19N5O3S/c1-11-15(8-9-26-11)17-21-22-18(23(17)3)27-10-16(25)20-14-6-4-13(5-7-14)19-12(2)24/h4-9H,10H2,1-3H3,(H,19,24)(H,20,25). The average molecular weight is 385 g/mol. The van der Waals surface area contributed by atoms with Crippen LogP contribution >= 0.6 is 11.8 Å². The van der Waals surface area contributed by atoms with E-state index in [1.165, 1.54) is 18.7 Å². The quantitative estimate of drug-likeness (QED) is 0.632. The number of hydrogen-bond acceptors (Lipinski definition) is 6. The lowest BCUT2D eigenvalue weighted by Gasteiger charge is -2.07. The molecule has 3 aromatic rings. The number of anilines is 2. The molecule has 0 bridgehead atoms. The van der Waals surface area contributed by atoms with Crippen molar-refractivity contribution in [2.75, 3.05) is 16.4 Å². The van der Waals surface area contributed by atoms with E-state index < -0.39 is 0 Å². The second-order valence-electron chi connectivity index (χ2n) is 5.85. The molecule has 0 unspecified atom stereocenters. The monoisotopic (exact) mass is 385 g/mol. The van der Waals surface area contributed by atoms with E-state index in [4.69, 9.17) is 4.42 Å². The third kappa shape index (κ3) is 4.56. The maximum absolute atomic E-state index is 12.2. The van der Waals surface area contributed by atoms with Gasteiger partial charge in [0.1, 0.15) is 5.76 Å². The fraction of sp³-hybridized carbons (Fsp3) is 0.222. The Balaban J connectivity index is 1.57. The zero-order chi connectivity index (χ0) is 19.4. The molecule has 2 aromatic heterocycles. The van der Waals surface area contributed by atoms with E-state index in [0.29, 0.717) is 22.4 Å². The van der Waals surface area contributed by atoms with Gasteiger partial charge in [0, 0.05) is 25.3 Å². The summed E-state index contributed by atoms with van der Waals surface area (Å²) in [6, 6.07) is 8.76. The number of thioether (sulfide) groups is 1. The van der Waals surface area contributed by atoms with Crippen LogP contribution in [0.4, 0.5) is 11.4 Å². The van der Waals surface area contributed by atoms with Gasteiger partial charge in [-0.3, -0.25) is 9.59 Å². The first-order chi connectivity index (χ1) is 12.9. The minimum absolute atomic E-state index is 0.142. The van der Waals surface area contributed by atoms with Gasteiger partial charge in [0.05, 0.1) is 17.6 Å². The van der Waals surface area contributed by atoms with Crippen LogP contribution in [0, 0.1) is 6.92 Å². The number of benzene rings is 1. The Hall–Kier alpha value is -3.07. The SMILES string of the molecule is CC(=O)Nc1ccc(NC(=O)CSc2nnc(-c3ccoc3C)n2C)cc1. The summed E-state index contributed by atoms with van der Waals surface area (Å²) in [5.41, 5.74) is 2.21. The third-order valence-corrected chi connectivity index (χ3v) is 4.78. The molecular formula is C18H19N5O3S. The lowest BCUT2D eigenvalue weighted by Crippen LogP contribution is -2.14. The first kappa shape index (κ1) is 18.7. The van der Waals surface area contributed by atoms with Crippen molar-refractivity contribution in [2.45, 2.75) is 19.0 Å². The Morgan fingerprint density at radius 3 is 2.37 bits per heavy atom. The molecule has 2 N–H and O–H groups in total. The van der Waals surface area contributed by atoms with E-state index in [-0.39, 0.29) is 17.6 Å². The molecule has 0 fully saturated rings. The van der Waals surface area contributed by atoms with Gasteiger partial charge in [-0.25, -0.2) is 0 Å². The number of hydrogen-bond donors (Lipinski definition) is 2. The maximum Gasteiger partial charge on any atom is 0.234 e. The summed E-state index contributed by atoms with van der Waals surface area (Å²) >= 11 is 1.30. The van der Waals surface area contributed by atoms with Crippen LogP contribution in [0.5, 0.6) is 0 Å². The van der Waals surface area contributed by atoms with Crippen molar-refractivity contribution in [3.63, 3.8) is 0 Å². The number of amides is 2. The Morgan fingerprint density at radius 1 is 1.11 bits per heavy atom. The van der Waals surface area contributed by atoms with Gasteiger partial charge in [-0.2, -0.15) is 0 Å². The highest BCUT2D eigenvalue weighted by molar-refractivity contribution is 7.99. The molecule has 0 aliphatic rings. The van der Waals surface area contributed by atoms with E-state index in [9.17, 15) is 9.59 Å². The Kier molecular flexibility index (Phi) is 5.60. The Morgan fingerprint density at radius 2 is 1.78 bits per heavy atom. The predicted molar refractivity (Wildman–Crippen MR) is 104 cm³/mol. The highest BCUT2D eigenvalue weighted by atomic mass is 32.2. The molecule has 2 amide bonds. The highest BCUT2D eigenvalue weighted by Crippen LogP contribution is 2.25. The van der Waals surface area contributed by atoms with Gasteiger partial charge in [-0.1, -0.05) is 11.8 Å². The zero-order valence-electron chi connectivity index (χ0n) is 15.1. The molecule has 27 heavy (non-hydrogen) atoms. The molecule has 0 atom stereocenters. The normalized spacial score (nSPS) is 10.6. The summed E-state index contributed by atoms with van der Waals surface area (Å²) in [4.78, 5) is 23.2. The van der Waals surface area contributed by atoms with Gasteiger partial charge < -0.3 is 19.6 Å². The average Bonchev–Trinajstić information content (AvgIpc) is 3.20. The number of aryl methyl sites for hydroxylation is 1. The van der Waals surface area contributed by atoms with E-state index >= 15 is 0 Å². The van der Waals surface area contributed by atoms with Gasteiger partial charge >= 0.3 is 0 Å². The fourth-order valence-electron chi connectivity index (χ4n) is 2.46. The van der Waals surface area contributed by atoms with Gasteiger partial charge in [0.15, 0.2) is 11.0 Å². The Bertz CT molecular complexity index is 962. The first-order valence-corrected chi connectivity index (χ1v) is 9.17. The van der Waals surface area contributed by atoms with Crippen LogP contribution in [-0.2, 0) is 16.6 Å². The summed E-state index contributed by atoms with van der Waals surface area (Å²) in [7, 11) is 1.85. The van der Waals surface area contributed by atoms with Crippen LogP contribution in [-0.4, -0.2) is 32.3 Å². The van der Waals surface area contributed by atoms with Crippen molar-refractivity contribution >= 4 is 35.0 Å². The smallest absolute Gasteiger partial charge is 0.234 e. The summed E-state index contributed by atoms with van der Waals surface area (Å²) in [5.74, 6) is 1.36. The number of nitrogens with zero attached hydrogens (tertiary/aromatic N) is 3. The molecule has 8 nitrogen and oxygen atoms in total. The van der Waals surface area contributed by atoms with Crippen molar-refractivity contribution in [3.05, 3.63) is 42.4 Å². The first-order valence-electron chi connectivity index (χ1n) is 8.18. The zero-order valence-corrected chi connectivity index (χ0v) is 16.0. The highest BCUT2D eigenvalue weighted by Gasteiger charge is 2.15. The van der Waals surface area contributed by atoms with Crippen LogP contribution in [0.1, 0.15) is 12.7 Å². The van der Waals surface area contributed by atoms with Gasteiger partial charge in [-0.15, -0.1) is 10.2 Å². The molecule has 1 aromatic carbocycles. The van der Waals surface area contributed by atoms with Crippen molar-refractivity contribution < 1.29 is 14.0 Å². The molecular weight excluding hydrogens is 366 g/mol. The largest absolute Gasteiger partial charge is 0.469 e. The lowest BCUT2D eigenvalue weighted by molar-refractivity contribution is -0.114. The molecule has 0 radical (unpaired) electrons. The number of furan rings is 1. The van der Waals surface area contributed by atoms with Crippen LogP contribution in [0.15, 0.2) is 46.2 Å². The minimum Gasteiger partial charge on any atom is -0.469 e. The van der Waals surface area contributed by atoms with Gasteiger partial charge in [0.25, 0.3) is 0 Å². The summed E-state index contributed by atoms with van der Waals surface area (Å²) in [6.07, 6.45) is 1.61. The summed E-state index contributed by atoms with van der Waals surface area (Å²) < 4.78 is 7.13. The van der Waals surface area contributed by atoms with Crippen molar-refractivity contribution in [1.82, 2.24) is 14.8 Å². The van der Waals surface area contributed by atoms with E-state index in [2.05, 4.69) is 20.8 Å². The van der Waals surface area contributed by atoms with Crippen LogP contribution < -0.4 is 10.6 Å². The number of rotatable bonds is 6. The van der Waals surface area contributed by atoms with E-state index in [0.717, 1.165) is 11.3 Å². The molecule has 0 aliphatic heterocycles. The number of nitrogens with one attached hydrogen (secondary N) is 2. The lowest BCUT2D eigenvalue weighted by atomic mass is 10.2. The molecule has 9 heteroatoms. The molecule has 2 heterocycles. The second-order valence-corrected chi connectivity index (χ2v) is 6.79. The van der Waals surface area contributed by atoms with Crippen molar-refractivity contribution in [3.8, 4) is 11.4 Å². The van der Waals surface area contributed by atoms with Crippen LogP contribution in [0.3, 0.4) is 0 Å². The summed E-state index contributed by atoms with van der Waals surface area (Å²) in [5, 5.41) is 14.5. The molecule has 3 rings (SSSR count). The molecule has 0 aliphatic carbocycles. The van der Waals surface area contributed by atoms with Crippen molar-refractivity contribution in [1.29, 1.82) is 0 Å². The second kappa shape index (κ2) is 8.09. The predicted octanol–water partition coefficient (Wildman–Crippen LogP) is 3.07.